The van der Waals surface area contributed by atoms with Gasteiger partial charge in [-0.15, -0.1) is 0 Å². The van der Waals surface area contributed by atoms with Crippen molar-refractivity contribution in [3.8, 4) is 78.3 Å². The van der Waals surface area contributed by atoms with E-state index in [0.29, 0.717) is 0 Å². The fourth-order valence-corrected chi connectivity index (χ4v) is 10.4. The monoisotopic (exact) mass is 728 g/mol. The van der Waals surface area contributed by atoms with Gasteiger partial charge in [-0.25, -0.2) is 0 Å². The van der Waals surface area contributed by atoms with Crippen LogP contribution in [0.2, 0.25) is 0 Å². The summed E-state index contributed by atoms with van der Waals surface area (Å²) in [6, 6.07) is 63.2. The number of hydrogen-bond donors (Lipinski definition) is 0. The van der Waals surface area contributed by atoms with E-state index < -0.39 is 0 Å². The molecule has 1 heteroatoms. The first-order valence-electron chi connectivity index (χ1n) is 20.2. The summed E-state index contributed by atoms with van der Waals surface area (Å²) in [4.78, 5) is 0. The molecule has 270 valence electrons. The van der Waals surface area contributed by atoms with Crippen LogP contribution in [0.5, 0.6) is 11.5 Å². The molecule has 0 atom stereocenters. The van der Waals surface area contributed by atoms with Crippen LogP contribution in [0, 0.1) is 0 Å². The van der Waals surface area contributed by atoms with E-state index in [2.05, 4.69) is 198 Å². The summed E-state index contributed by atoms with van der Waals surface area (Å²) in [5.41, 5.74) is 20.6. The van der Waals surface area contributed by atoms with E-state index in [-0.39, 0.29) is 10.8 Å². The van der Waals surface area contributed by atoms with E-state index in [1.165, 1.54) is 105 Å². The Balaban J connectivity index is 0.904. The van der Waals surface area contributed by atoms with E-state index in [0.717, 1.165) is 17.1 Å². The Bertz CT molecular complexity index is 3200. The van der Waals surface area contributed by atoms with Crippen LogP contribution in [0.1, 0.15) is 49.9 Å². The van der Waals surface area contributed by atoms with E-state index >= 15 is 0 Å². The van der Waals surface area contributed by atoms with E-state index in [1.807, 2.05) is 0 Å². The topological polar surface area (TPSA) is 9.23 Å². The van der Waals surface area contributed by atoms with Crippen LogP contribution in [0.3, 0.4) is 0 Å². The summed E-state index contributed by atoms with van der Waals surface area (Å²) in [6.45, 7) is 9.49. The lowest BCUT2D eigenvalue weighted by atomic mass is 9.80. The molecule has 0 saturated carbocycles. The van der Waals surface area contributed by atoms with Crippen LogP contribution in [-0.4, -0.2) is 0 Å². The molecular weight excluding hydrogens is 689 g/mol. The van der Waals surface area contributed by atoms with Gasteiger partial charge in [0.1, 0.15) is 11.5 Å². The maximum Gasteiger partial charge on any atom is 0.135 e. The number of fused-ring (bicyclic) bond motifs is 9. The standard InChI is InChI=1S/C56H40O/c1-55(2)48-16-9-8-13-41(48)46-28-36-18-17-34(27-39(36)32-51(46)55)37-19-22-42-43-23-20-38(31-50(43)56(3,4)49(42)30-37)35-21-25-52-47(29-35)45-15-10-14-44-40(33-11-6-5-7-12-33)24-26-53(57-52)54(44)45/h5-32H,1-4H3. The fourth-order valence-electron chi connectivity index (χ4n) is 10.4. The van der Waals surface area contributed by atoms with Gasteiger partial charge >= 0.3 is 0 Å². The van der Waals surface area contributed by atoms with Crippen molar-refractivity contribution in [1.82, 2.24) is 0 Å². The minimum Gasteiger partial charge on any atom is -0.456 e. The molecular formula is C56H40O. The molecule has 0 unspecified atom stereocenters. The molecule has 0 bridgehead atoms. The smallest absolute Gasteiger partial charge is 0.135 e. The number of ether oxygens (including phenoxy) is 1. The molecule has 12 rings (SSSR count). The zero-order chi connectivity index (χ0) is 38.2. The Morgan fingerprint density at radius 3 is 1.68 bits per heavy atom. The highest BCUT2D eigenvalue weighted by Crippen LogP contribution is 2.54. The van der Waals surface area contributed by atoms with Gasteiger partial charge in [0.2, 0.25) is 0 Å². The highest BCUT2D eigenvalue weighted by Gasteiger charge is 2.37. The molecule has 0 aromatic heterocycles. The van der Waals surface area contributed by atoms with Crippen LogP contribution < -0.4 is 4.74 Å². The van der Waals surface area contributed by atoms with Gasteiger partial charge in [-0.05, 0) is 148 Å². The average molecular weight is 729 g/mol. The predicted molar refractivity (Wildman–Crippen MR) is 238 cm³/mol. The maximum atomic E-state index is 6.59. The van der Waals surface area contributed by atoms with Gasteiger partial charge in [-0.3, -0.25) is 0 Å². The lowest BCUT2D eigenvalue weighted by Gasteiger charge is -2.24. The molecule has 1 nitrogen and oxygen atoms in total. The molecule has 0 fully saturated rings. The second-order valence-electron chi connectivity index (χ2n) is 17.3. The third-order valence-electron chi connectivity index (χ3n) is 13.5. The second kappa shape index (κ2) is 11.4. The van der Waals surface area contributed by atoms with Gasteiger partial charge in [-0.1, -0.05) is 149 Å². The lowest BCUT2D eigenvalue weighted by Crippen LogP contribution is -2.15. The van der Waals surface area contributed by atoms with Crippen molar-refractivity contribution in [2.45, 2.75) is 38.5 Å². The second-order valence-corrected chi connectivity index (χ2v) is 17.3. The third kappa shape index (κ3) is 4.57. The molecule has 0 spiro atoms. The predicted octanol–water partition coefficient (Wildman–Crippen LogP) is 15.4. The zero-order valence-corrected chi connectivity index (χ0v) is 32.6. The van der Waals surface area contributed by atoms with Crippen molar-refractivity contribution in [2.75, 3.05) is 0 Å². The maximum absolute atomic E-state index is 6.59. The van der Waals surface area contributed by atoms with Crippen molar-refractivity contribution in [1.29, 1.82) is 0 Å². The quantitative estimate of drug-likeness (QED) is 0.176. The first-order valence-corrected chi connectivity index (χ1v) is 20.2. The van der Waals surface area contributed by atoms with E-state index in [9.17, 15) is 0 Å². The Hall–Kier alpha value is -6.70. The zero-order valence-electron chi connectivity index (χ0n) is 32.6. The molecule has 1 heterocycles. The summed E-state index contributed by atoms with van der Waals surface area (Å²) >= 11 is 0. The largest absolute Gasteiger partial charge is 0.456 e. The summed E-state index contributed by atoms with van der Waals surface area (Å²) in [5.74, 6) is 1.82. The van der Waals surface area contributed by atoms with Crippen LogP contribution in [0.25, 0.3) is 88.3 Å². The lowest BCUT2D eigenvalue weighted by molar-refractivity contribution is 0.487. The normalized spacial score (nSPS) is 14.7. The van der Waals surface area contributed by atoms with Gasteiger partial charge < -0.3 is 4.74 Å². The highest BCUT2D eigenvalue weighted by molar-refractivity contribution is 6.10. The minimum atomic E-state index is -0.153. The van der Waals surface area contributed by atoms with Crippen LogP contribution in [0.15, 0.2) is 170 Å². The fraction of sp³-hybridized carbons (Fsp3) is 0.107. The Morgan fingerprint density at radius 2 is 0.895 bits per heavy atom. The average Bonchev–Trinajstić information content (AvgIpc) is 3.61. The summed E-state index contributed by atoms with van der Waals surface area (Å²) in [6.07, 6.45) is 0. The van der Waals surface area contributed by atoms with E-state index in [1.54, 1.807) is 0 Å². The number of benzene rings is 9. The van der Waals surface area contributed by atoms with Crippen molar-refractivity contribution >= 4 is 21.5 Å². The third-order valence-corrected chi connectivity index (χ3v) is 13.5. The Labute approximate surface area is 333 Å². The number of rotatable bonds is 3. The molecule has 0 amide bonds. The highest BCUT2D eigenvalue weighted by atomic mass is 16.5. The molecule has 9 aromatic rings. The van der Waals surface area contributed by atoms with Crippen LogP contribution >= 0.6 is 0 Å². The molecule has 9 aromatic carbocycles. The first kappa shape index (κ1) is 32.5. The molecule has 2 aliphatic carbocycles. The van der Waals surface area contributed by atoms with Gasteiger partial charge in [0.15, 0.2) is 0 Å². The van der Waals surface area contributed by atoms with Crippen LogP contribution in [0.4, 0.5) is 0 Å². The molecule has 1 aliphatic heterocycles. The molecule has 57 heavy (non-hydrogen) atoms. The molecule has 0 radical (unpaired) electrons. The van der Waals surface area contributed by atoms with Gasteiger partial charge in [0, 0.05) is 21.8 Å². The molecule has 0 saturated heterocycles. The van der Waals surface area contributed by atoms with Crippen LogP contribution in [-0.2, 0) is 10.8 Å². The minimum absolute atomic E-state index is 0.0166. The summed E-state index contributed by atoms with van der Waals surface area (Å²) in [5, 5.41) is 4.98. The summed E-state index contributed by atoms with van der Waals surface area (Å²) in [7, 11) is 0. The first-order chi connectivity index (χ1) is 27.7. The van der Waals surface area contributed by atoms with Crippen molar-refractivity contribution in [3.05, 3.63) is 192 Å². The van der Waals surface area contributed by atoms with Gasteiger partial charge in [-0.2, -0.15) is 0 Å². The van der Waals surface area contributed by atoms with Crippen molar-refractivity contribution < 1.29 is 4.74 Å². The Kier molecular flexibility index (Phi) is 6.53. The molecule has 0 N–H and O–H groups in total. The summed E-state index contributed by atoms with van der Waals surface area (Å²) < 4.78 is 6.59. The molecule has 3 aliphatic rings. The number of hydrogen-bond acceptors (Lipinski definition) is 1. The van der Waals surface area contributed by atoms with Gasteiger partial charge in [0.05, 0.1) is 0 Å². The van der Waals surface area contributed by atoms with Gasteiger partial charge in [0.25, 0.3) is 0 Å². The SMILES string of the molecule is CC1(C)c2cc(-c3ccc4c(c3)-c3cccc5c(-c6ccccc6)ccc(c35)O4)ccc2-c2ccc(-c3ccc4cc5c(cc4c3)C(C)(C)c3ccccc3-5)cc21. The van der Waals surface area contributed by atoms with E-state index in [4.69, 9.17) is 4.74 Å². The van der Waals surface area contributed by atoms with Crippen molar-refractivity contribution in [3.63, 3.8) is 0 Å². The Morgan fingerprint density at radius 1 is 0.316 bits per heavy atom. The van der Waals surface area contributed by atoms with Crippen molar-refractivity contribution in [2.24, 2.45) is 0 Å².